The summed E-state index contributed by atoms with van der Waals surface area (Å²) < 4.78 is 36.0. The van der Waals surface area contributed by atoms with E-state index < -0.39 is 18.1 Å². The monoisotopic (exact) mass is 294 g/mol. The van der Waals surface area contributed by atoms with Crippen LogP contribution >= 0.6 is 11.5 Å². The SMILES string of the molecule is O=C(O)C(F)(F)F.O=C(O)c1cccc2nnsc12. The van der Waals surface area contributed by atoms with Crippen LogP contribution in [0.2, 0.25) is 0 Å². The highest BCUT2D eigenvalue weighted by molar-refractivity contribution is 7.13. The third kappa shape index (κ3) is 3.88. The van der Waals surface area contributed by atoms with Gasteiger partial charge in [-0.15, -0.1) is 5.10 Å². The van der Waals surface area contributed by atoms with Gasteiger partial charge >= 0.3 is 18.1 Å². The fourth-order valence-corrected chi connectivity index (χ4v) is 1.64. The van der Waals surface area contributed by atoms with Crippen LogP contribution in [0.5, 0.6) is 0 Å². The highest BCUT2D eigenvalue weighted by Gasteiger charge is 2.38. The molecule has 0 saturated heterocycles. The van der Waals surface area contributed by atoms with Crippen LogP contribution in [0.15, 0.2) is 18.2 Å². The molecular formula is C9H5F3N2O4S. The summed E-state index contributed by atoms with van der Waals surface area (Å²) in [7, 11) is 0. The Morgan fingerprint density at radius 1 is 1.21 bits per heavy atom. The molecule has 2 rings (SSSR count). The van der Waals surface area contributed by atoms with Crippen molar-refractivity contribution >= 4 is 33.7 Å². The number of hydrogen-bond acceptors (Lipinski definition) is 5. The number of fused-ring (bicyclic) bond motifs is 1. The first kappa shape index (κ1) is 14.8. The smallest absolute Gasteiger partial charge is 0.478 e. The average molecular weight is 294 g/mol. The molecule has 19 heavy (non-hydrogen) atoms. The highest BCUT2D eigenvalue weighted by Crippen LogP contribution is 2.19. The summed E-state index contributed by atoms with van der Waals surface area (Å²) in [6.07, 6.45) is -5.08. The number of rotatable bonds is 1. The summed E-state index contributed by atoms with van der Waals surface area (Å²) in [4.78, 5) is 19.6. The van der Waals surface area contributed by atoms with Gasteiger partial charge in [0, 0.05) is 0 Å². The highest BCUT2D eigenvalue weighted by atomic mass is 32.1. The summed E-state index contributed by atoms with van der Waals surface area (Å²) in [6, 6.07) is 4.95. The maximum atomic E-state index is 10.7. The van der Waals surface area contributed by atoms with Gasteiger partial charge in [-0.25, -0.2) is 9.59 Å². The van der Waals surface area contributed by atoms with Gasteiger partial charge in [-0.3, -0.25) is 0 Å². The lowest BCUT2D eigenvalue weighted by atomic mass is 10.2. The maximum absolute atomic E-state index is 10.7. The molecule has 0 fully saturated rings. The van der Waals surface area contributed by atoms with E-state index in [1.165, 1.54) is 0 Å². The Kier molecular flexibility index (Phi) is 4.38. The number of hydrogen-bond donors (Lipinski definition) is 2. The molecule has 0 radical (unpaired) electrons. The van der Waals surface area contributed by atoms with Crippen molar-refractivity contribution in [3.8, 4) is 0 Å². The molecule has 2 N–H and O–H groups in total. The zero-order valence-electron chi connectivity index (χ0n) is 8.88. The summed E-state index contributed by atoms with van der Waals surface area (Å²) >= 11 is 1.10. The van der Waals surface area contributed by atoms with E-state index in [1.54, 1.807) is 18.2 Å². The number of carboxylic acid groups (broad SMARTS) is 2. The van der Waals surface area contributed by atoms with Crippen LogP contribution in [0.1, 0.15) is 10.4 Å². The number of halogens is 3. The summed E-state index contributed by atoms with van der Waals surface area (Å²) in [5.41, 5.74) is 0.905. The van der Waals surface area contributed by atoms with Crippen LogP contribution in [0, 0.1) is 0 Å². The third-order valence-corrected chi connectivity index (χ3v) is 2.52. The molecule has 10 heteroatoms. The maximum Gasteiger partial charge on any atom is 0.490 e. The molecule has 102 valence electrons. The van der Waals surface area contributed by atoms with Gasteiger partial charge in [0.05, 0.1) is 10.3 Å². The van der Waals surface area contributed by atoms with E-state index in [9.17, 15) is 18.0 Å². The van der Waals surface area contributed by atoms with Gasteiger partial charge in [0.2, 0.25) is 0 Å². The molecule has 1 heterocycles. The Bertz CT molecular complexity index is 611. The van der Waals surface area contributed by atoms with Crippen molar-refractivity contribution in [1.82, 2.24) is 9.59 Å². The number of carbonyl (C=O) groups is 2. The lowest BCUT2D eigenvalue weighted by Crippen LogP contribution is -2.21. The van der Waals surface area contributed by atoms with Crippen molar-refractivity contribution in [1.29, 1.82) is 0 Å². The standard InChI is InChI=1S/C7H4N2O2S.C2HF3O2/c10-7(11)4-2-1-3-5-6(4)12-9-8-5;3-2(4,5)1(6)7/h1-3H,(H,10,11);(H,6,7). The van der Waals surface area contributed by atoms with E-state index in [0.29, 0.717) is 10.2 Å². The lowest BCUT2D eigenvalue weighted by molar-refractivity contribution is -0.192. The second-order valence-corrected chi connectivity index (χ2v) is 3.79. The summed E-state index contributed by atoms with van der Waals surface area (Å²) in [5.74, 6) is -3.70. The van der Waals surface area contributed by atoms with E-state index in [1.807, 2.05) is 0 Å². The lowest BCUT2D eigenvalue weighted by Gasteiger charge is -1.93. The Morgan fingerprint density at radius 3 is 2.26 bits per heavy atom. The number of benzene rings is 1. The summed E-state index contributed by atoms with van der Waals surface area (Å²) in [6.45, 7) is 0. The van der Waals surface area contributed by atoms with Gasteiger partial charge in [0.15, 0.2) is 0 Å². The van der Waals surface area contributed by atoms with Crippen LogP contribution in [-0.2, 0) is 4.79 Å². The van der Waals surface area contributed by atoms with E-state index in [4.69, 9.17) is 15.0 Å². The molecule has 1 aromatic carbocycles. The van der Waals surface area contributed by atoms with Crippen LogP contribution < -0.4 is 0 Å². The normalized spacial score (nSPS) is 10.7. The molecule has 0 atom stereocenters. The van der Waals surface area contributed by atoms with Crippen LogP contribution in [-0.4, -0.2) is 37.9 Å². The Hall–Kier alpha value is -2.23. The second kappa shape index (κ2) is 5.61. The van der Waals surface area contributed by atoms with Crippen LogP contribution in [0.25, 0.3) is 10.2 Å². The van der Waals surface area contributed by atoms with E-state index in [0.717, 1.165) is 11.5 Å². The van der Waals surface area contributed by atoms with Gasteiger partial charge in [-0.2, -0.15) is 13.2 Å². The zero-order chi connectivity index (χ0) is 14.6. The minimum Gasteiger partial charge on any atom is -0.478 e. The molecule has 0 saturated carbocycles. The molecule has 0 spiro atoms. The van der Waals surface area contributed by atoms with Gasteiger partial charge < -0.3 is 10.2 Å². The van der Waals surface area contributed by atoms with Crippen molar-refractivity contribution in [3.63, 3.8) is 0 Å². The average Bonchev–Trinajstić information content (AvgIpc) is 2.75. The molecule has 0 unspecified atom stereocenters. The fourth-order valence-electron chi connectivity index (χ4n) is 0.973. The van der Waals surface area contributed by atoms with Crippen molar-refractivity contribution in [3.05, 3.63) is 23.8 Å². The first-order chi connectivity index (χ1) is 8.73. The zero-order valence-corrected chi connectivity index (χ0v) is 9.70. The van der Waals surface area contributed by atoms with Gasteiger partial charge in [0.1, 0.15) is 5.52 Å². The van der Waals surface area contributed by atoms with Crippen LogP contribution in [0.4, 0.5) is 13.2 Å². The number of carboxylic acids is 2. The quantitative estimate of drug-likeness (QED) is 0.834. The first-order valence-corrected chi connectivity index (χ1v) is 5.25. The van der Waals surface area contributed by atoms with Crippen molar-refractivity contribution in [2.75, 3.05) is 0 Å². The minimum absolute atomic E-state index is 0.266. The number of aromatic carboxylic acids is 1. The minimum atomic E-state index is -5.08. The molecular weight excluding hydrogens is 289 g/mol. The Labute approximate surface area is 107 Å². The Morgan fingerprint density at radius 2 is 1.79 bits per heavy atom. The second-order valence-electron chi connectivity index (χ2n) is 3.03. The number of aromatic nitrogens is 2. The fraction of sp³-hybridized carbons (Fsp3) is 0.111. The van der Waals surface area contributed by atoms with Crippen molar-refractivity contribution in [2.24, 2.45) is 0 Å². The molecule has 1 aromatic heterocycles. The van der Waals surface area contributed by atoms with E-state index >= 15 is 0 Å². The van der Waals surface area contributed by atoms with Crippen LogP contribution in [0.3, 0.4) is 0 Å². The molecule has 2 aromatic rings. The molecule has 0 amide bonds. The summed E-state index contributed by atoms with van der Waals surface area (Å²) in [5, 5.41) is 19.6. The van der Waals surface area contributed by atoms with E-state index in [-0.39, 0.29) is 5.56 Å². The molecule has 0 aliphatic carbocycles. The third-order valence-electron chi connectivity index (χ3n) is 1.75. The van der Waals surface area contributed by atoms with Gasteiger partial charge in [0.25, 0.3) is 0 Å². The van der Waals surface area contributed by atoms with E-state index in [2.05, 4.69) is 9.59 Å². The number of nitrogens with zero attached hydrogens (tertiary/aromatic N) is 2. The predicted molar refractivity (Wildman–Crippen MR) is 58.1 cm³/mol. The Balaban J connectivity index is 0.000000224. The molecule has 6 nitrogen and oxygen atoms in total. The van der Waals surface area contributed by atoms with Crippen molar-refractivity contribution in [2.45, 2.75) is 6.18 Å². The number of alkyl halides is 3. The molecule has 0 aliphatic heterocycles. The molecule has 0 aliphatic rings. The first-order valence-electron chi connectivity index (χ1n) is 4.48. The number of aliphatic carboxylic acids is 1. The topological polar surface area (TPSA) is 100 Å². The predicted octanol–water partition coefficient (Wildman–Crippen LogP) is 2.02. The van der Waals surface area contributed by atoms with Crippen molar-refractivity contribution < 1.29 is 33.0 Å². The van der Waals surface area contributed by atoms with Gasteiger partial charge in [-0.1, -0.05) is 10.6 Å². The largest absolute Gasteiger partial charge is 0.490 e. The van der Waals surface area contributed by atoms with Gasteiger partial charge in [-0.05, 0) is 23.7 Å². The molecule has 0 bridgehead atoms.